The van der Waals surface area contributed by atoms with E-state index >= 15 is 0 Å². The highest BCUT2D eigenvalue weighted by atomic mass is 16.5. The Morgan fingerprint density at radius 2 is 2.33 bits per heavy atom. The van der Waals surface area contributed by atoms with Gasteiger partial charge in [0.05, 0.1) is 6.61 Å². The van der Waals surface area contributed by atoms with Crippen LogP contribution < -0.4 is 0 Å². The number of esters is 1. The van der Waals surface area contributed by atoms with Gasteiger partial charge in [0, 0.05) is 6.42 Å². The molecular weight excluding hydrogens is 116 g/mol. The molecule has 0 heterocycles. The van der Waals surface area contributed by atoms with Crippen LogP contribution in [0.25, 0.3) is 0 Å². The van der Waals surface area contributed by atoms with Crippen LogP contribution in [-0.4, -0.2) is 12.6 Å². The SMILES string of the molecule is [CH]CCOC(=O)CCC. The smallest absolute Gasteiger partial charge is 0.305 e. The molecule has 0 fully saturated rings. The van der Waals surface area contributed by atoms with Gasteiger partial charge in [-0.1, -0.05) is 6.92 Å². The second-order valence-electron chi connectivity index (χ2n) is 1.76. The highest BCUT2D eigenvalue weighted by Gasteiger charge is 1.96. The molecule has 0 unspecified atom stereocenters. The van der Waals surface area contributed by atoms with E-state index in [0.717, 1.165) is 6.42 Å². The first-order valence-corrected chi connectivity index (χ1v) is 3.17. The minimum absolute atomic E-state index is 0.150. The fourth-order valence-electron chi connectivity index (χ4n) is 0.449. The second kappa shape index (κ2) is 5.60. The summed E-state index contributed by atoms with van der Waals surface area (Å²) in [6, 6.07) is 0. The normalized spacial score (nSPS) is 9.11. The molecule has 0 spiro atoms. The van der Waals surface area contributed by atoms with Crippen molar-refractivity contribution in [2.75, 3.05) is 6.61 Å². The molecular formula is C7H12O2. The Balaban J connectivity index is 3.06. The third kappa shape index (κ3) is 5.34. The Morgan fingerprint density at radius 3 is 2.78 bits per heavy atom. The van der Waals surface area contributed by atoms with Crippen molar-refractivity contribution in [3.05, 3.63) is 6.92 Å². The largest absolute Gasteiger partial charge is 0.466 e. The molecule has 0 aromatic heterocycles. The molecule has 2 radical (unpaired) electrons. The average molecular weight is 128 g/mol. The molecule has 0 aliphatic rings. The lowest BCUT2D eigenvalue weighted by molar-refractivity contribution is -0.143. The average Bonchev–Trinajstić information content (AvgIpc) is 1.85. The molecule has 52 valence electrons. The third-order valence-corrected chi connectivity index (χ3v) is 0.835. The van der Waals surface area contributed by atoms with Crippen LogP contribution in [0.2, 0.25) is 0 Å². The fraction of sp³-hybridized carbons (Fsp3) is 0.714. The predicted molar refractivity (Wildman–Crippen MR) is 34.8 cm³/mol. The maximum Gasteiger partial charge on any atom is 0.305 e. The second-order valence-corrected chi connectivity index (χ2v) is 1.76. The molecule has 0 amide bonds. The summed E-state index contributed by atoms with van der Waals surface area (Å²) >= 11 is 0. The van der Waals surface area contributed by atoms with E-state index in [-0.39, 0.29) is 5.97 Å². The minimum Gasteiger partial charge on any atom is -0.466 e. The van der Waals surface area contributed by atoms with Gasteiger partial charge < -0.3 is 4.74 Å². The number of rotatable bonds is 4. The van der Waals surface area contributed by atoms with Crippen molar-refractivity contribution < 1.29 is 9.53 Å². The summed E-state index contributed by atoms with van der Waals surface area (Å²) in [7, 11) is 0. The summed E-state index contributed by atoms with van der Waals surface area (Å²) in [4.78, 5) is 10.5. The van der Waals surface area contributed by atoms with Crippen LogP contribution in [0.5, 0.6) is 0 Å². The van der Waals surface area contributed by atoms with Gasteiger partial charge in [-0.2, -0.15) is 0 Å². The lowest BCUT2D eigenvalue weighted by Crippen LogP contribution is -2.03. The monoisotopic (exact) mass is 128 g/mol. The highest BCUT2D eigenvalue weighted by Crippen LogP contribution is 1.91. The minimum atomic E-state index is -0.150. The Labute approximate surface area is 56.2 Å². The molecule has 9 heavy (non-hydrogen) atoms. The van der Waals surface area contributed by atoms with Crippen LogP contribution in [0.3, 0.4) is 0 Å². The van der Waals surface area contributed by atoms with Gasteiger partial charge >= 0.3 is 5.97 Å². The van der Waals surface area contributed by atoms with Gasteiger partial charge in [-0.3, -0.25) is 4.79 Å². The number of hydrogen-bond donors (Lipinski definition) is 0. The van der Waals surface area contributed by atoms with E-state index in [0.29, 0.717) is 19.4 Å². The maximum atomic E-state index is 10.5. The molecule has 0 saturated carbocycles. The van der Waals surface area contributed by atoms with E-state index in [1.54, 1.807) is 0 Å². The highest BCUT2D eigenvalue weighted by molar-refractivity contribution is 5.69. The van der Waals surface area contributed by atoms with Gasteiger partial charge in [0.25, 0.3) is 0 Å². The van der Waals surface area contributed by atoms with Gasteiger partial charge in [-0.15, -0.1) is 0 Å². The van der Waals surface area contributed by atoms with Crippen LogP contribution in [0.15, 0.2) is 0 Å². The van der Waals surface area contributed by atoms with Crippen molar-refractivity contribution in [2.24, 2.45) is 0 Å². The van der Waals surface area contributed by atoms with Crippen molar-refractivity contribution in [3.63, 3.8) is 0 Å². The molecule has 2 nitrogen and oxygen atoms in total. The summed E-state index contributed by atoms with van der Waals surface area (Å²) in [5, 5.41) is 0. The first-order chi connectivity index (χ1) is 4.31. The Bertz CT molecular complexity index is 79.0. The number of carbonyl (C=O) groups is 1. The molecule has 0 aromatic rings. The van der Waals surface area contributed by atoms with Crippen LogP contribution >= 0.6 is 0 Å². The molecule has 0 saturated heterocycles. The number of hydrogen-bond acceptors (Lipinski definition) is 2. The van der Waals surface area contributed by atoms with Gasteiger partial charge in [0.2, 0.25) is 0 Å². The molecule has 0 atom stereocenters. The summed E-state index contributed by atoms with van der Waals surface area (Å²) < 4.78 is 4.67. The molecule has 0 bridgehead atoms. The topological polar surface area (TPSA) is 26.3 Å². The van der Waals surface area contributed by atoms with Gasteiger partial charge in [-0.05, 0) is 19.8 Å². The Hall–Kier alpha value is -0.530. The van der Waals surface area contributed by atoms with Crippen molar-refractivity contribution in [2.45, 2.75) is 26.2 Å². The molecule has 0 N–H and O–H groups in total. The summed E-state index contributed by atoms with van der Waals surface area (Å²) in [6.07, 6.45) is 1.75. The van der Waals surface area contributed by atoms with E-state index in [2.05, 4.69) is 4.74 Å². The first-order valence-electron chi connectivity index (χ1n) is 3.17. The van der Waals surface area contributed by atoms with E-state index < -0.39 is 0 Å². The number of ether oxygens (including phenoxy) is 1. The van der Waals surface area contributed by atoms with Crippen molar-refractivity contribution in [1.82, 2.24) is 0 Å². The molecule has 0 aliphatic heterocycles. The van der Waals surface area contributed by atoms with E-state index in [4.69, 9.17) is 6.92 Å². The van der Waals surface area contributed by atoms with Gasteiger partial charge in [0.15, 0.2) is 0 Å². The zero-order valence-electron chi connectivity index (χ0n) is 5.72. The van der Waals surface area contributed by atoms with E-state index in [1.807, 2.05) is 6.92 Å². The van der Waals surface area contributed by atoms with Gasteiger partial charge in [-0.25, -0.2) is 0 Å². The summed E-state index contributed by atoms with van der Waals surface area (Å²) in [5.74, 6) is -0.150. The maximum absolute atomic E-state index is 10.5. The number of carbonyl (C=O) groups excluding carboxylic acids is 1. The molecule has 0 aliphatic carbocycles. The first kappa shape index (κ1) is 8.47. The van der Waals surface area contributed by atoms with Gasteiger partial charge in [0.1, 0.15) is 0 Å². The van der Waals surface area contributed by atoms with Crippen molar-refractivity contribution >= 4 is 5.97 Å². The standard InChI is InChI=1S/C7H12O2/c1-3-5-7(8)9-6-4-2/h2H,3-6H2,1H3. The lowest BCUT2D eigenvalue weighted by atomic mass is 10.3. The van der Waals surface area contributed by atoms with Crippen LogP contribution in [0, 0.1) is 6.92 Å². The summed E-state index contributed by atoms with van der Waals surface area (Å²) in [5.41, 5.74) is 0. The van der Waals surface area contributed by atoms with Crippen LogP contribution in [0.4, 0.5) is 0 Å². The lowest BCUT2D eigenvalue weighted by Gasteiger charge is -1.98. The third-order valence-electron chi connectivity index (χ3n) is 0.835. The molecule has 2 heteroatoms. The predicted octanol–water partition coefficient (Wildman–Crippen LogP) is 1.43. The van der Waals surface area contributed by atoms with E-state index in [1.165, 1.54) is 0 Å². The van der Waals surface area contributed by atoms with Crippen LogP contribution in [-0.2, 0) is 9.53 Å². The fourth-order valence-corrected chi connectivity index (χ4v) is 0.449. The summed E-state index contributed by atoms with van der Waals surface area (Å²) in [6.45, 7) is 7.38. The molecule has 0 rings (SSSR count). The quantitative estimate of drug-likeness (QED) is 0.535. The van der Waals surface area contributed by atoms with Crippen molar-refractivity contribution in [1.29, 1.82) is 0 Å². The van der Waals surface area contributed by atoms with Crippen LogP contribution in [0.1, 0.15) is 26.2 Å². The molecule has 0 aromatic carbocycles. The Morgan fingerprint density at radius 1 is 1.67 bits per heavy atom. The zero-order valence-corrected chi connectivity index (χ0v) is 5.72. The zero-order chi connectivity index (χ0) is 7.11. The van der Waals surface area contributed by atoms with Crippen molar-refractivity contribution in [3.8, 4) is 0 Å². The van der Waals surface area contributed by atoms with E-state index in [9.17, 15) is 4.79 Å². The Kier molecular flexibility index (Phi) is 5.27.